The highest BCUT2D eigenvalue weighted by atomic mass is 16.6. The van der Waals surface area contributed by atoms with Gasteiger partial charge in [0.2, 0.25) is 0 Å². The molecule has 23 heavy (non-hydrogen) atoms. The topological polar surface area (TPSA) is 67.4 Å². The second-order valence-electron chi connectivity index (χ2n) is 7.06. The SMILES string of the molecule is CC(NCCCN(C(=O)OC(C)(C)C)C1CC1)c1cnccn1. The van der Waals surface area contributed by atoms with Crippen LogP contribution in [0.2, 0.25) is 0 Å². The average Bonchev–Trinajstić information content (AvgIpc) is 3.30. The van der Waals surface area contributed by atoms with E-state index in [1.807, 2.05) is 25.7 Å². The Bertz CT molecular complexity index is 497. The van der Waals surface area contributed by atoms with Crippen molar-refractivity contribution in [2.45, 2.75) is 64.6 Å². The maximum absolute atomic E-state index is 12.3. The van der Waals surface area contributed by atoms with Gasteiger partial charge in [-0.25, -0.2) is 4.79 Å². The lowest BCUT2D eigenvalue weighted by molar-refractivity contribution is 0.0231. The third kappa shape index (κ3) is 6.14. The van der Waals surface area contributed by atoms with Crippen molar-refractivity contribution in [1.82, 2.24) is 20.2 Å². The van der Waals surface area contributed by atoms with Crippen LogP contribution in [0.5, 0.6) is 0 Å². The second-order valence-corrected chi connectivity index (χ2v) is 7.06. The van der Waals surface area contributed by atoms with Gasteiger partial charge in [-0.1, -0.05) is 0 Å². The molecular weight excluding hydrogens is 292 g/mol. The van der Waals surface area contributed by atoms with Gasteiger partial charge in [0.05, 0.1) is 5.69 Å². The van der Waals surface area contributed by atoms with E-state index in [0.717, 1.165) is 38.0 Å². The van der Waals surface area contributed by atoms with Crippen LogP contribution in [-0.2, 0) is 4.74 Å². The van der Waals surface area contributed by atoms with Crippen LogP contribution in [0.4, 0.5) is 4.79 Å². The molecule has 0 saturated heterocycles. The molecule has 1 atom stereocenters. The molecule has 1 heterocycles. The molecule has 1 unspecified atom stereocenters. The molecule has 2 rings (SSSR count). The molecule has 0 radical (unpaired) electrons. The number of ether oxygens (including phenoxy) is 1. The number of carbonyl (C=O) groups is 1. The summed E-state index contributed by atoms with van der Waals surface area (Å²) in [6.07, 6.45) is 8.01. The van der Waals surface area contributed by atoms with Crippen LogP contribution in [0.1, 0.15) is 58.7 Å². The van der Waals surface area contributed by atoms with Gasteiger partial charge in [0.1, 0.15) is 5.60 Å². The van der Waals surface area contributed by atoms with Gasteiger partial charge in [-0.05, 0) is 53.5 Å². The minimum atomic E-state index is -0.442. The predicted molar refractivity (Wildman–Crippen MR) is 89.0 cm³/mol. The lowest BCUT2D eigenvalue weighted by Crippen LogP contribution is -2.39. The molecule has 1 saturated carbocycles. The highest BCUT2D eigenvalue weighted by Gasteiger charge is 2.34. The number of hydrogen-bond acceptors (Lipinski definition) is 5. The number of aromatic nitrogens is 2. The van der Waals surface area contributed by atoms with Crippen LogP contribution in [-0.4, -0.2) is 45.7 Å². The Morgan fingerprint density at radius 1 is 1.43 bits per heavy atom. The van der Waals surface area contributed by atoms with Gasteiger partial charge in [-0.3, -0.25) is 9.97 Å². The molecule has 128 valence electrons. The van der Waals surface area contributed by atoms with Crippen LogP contribution >= 0.6 is 0 Å². The lowest BCUT2D eigenvalue weighted by atomic mass is 10.2. The molecule has 1 aliphatic rings. The first-order chi connectivity index (χ1) is 10.9. The maximum Gasteiger partial charge on any atom is 0.410 e. The van der Waals surface area contributed by atoms with E-state index in [9.17, 15) is 4.79 Å². The molecule has 0 aromatic carbocycles. The van der Waals surface area contributed by atoms with Crippen molar-refractivity contribution < 1.29 is 9.53 Å². The molecule has 6 heteroatoms. The van der Waals surface area contributed by atoms with Gasteiger partial charge in [-0.15, -0.1) is 0 Å². The van der Waals surface area contributed by atoms with E-state index in [-0.39, 0.29) is 12.1 Å². The van der Waals surface area contributed by atoms with Crippen molar-refractivity contribution in [3.63, 3.8) is 0 Å². The van der Waals surface area contributed by atoms with Gasteiger partial charge in [0.15, 0.2) is 0 Å². The Hall–Kier alpha value is -1.69. The lowest BCUT2D eigenvalue weighted by Gasteiger charge is -2.27. The summed E-state index contributed by atoms with van der Waals surface area (Å²) in [6.45, 7) is 9.32. The standard InChI is InChI=1S/C17H28N4O2/c1-13(15-12-18-9-10-20-15)19-8-5-11-21(14-6-7-14)16(22)23-17(2,3)4/h9-10,12-14,19H,5-8,11H2,1-4H3. The zero-order valence-corrected chi connectivity index (χ0v) is 14.6. The van der Waals surface area contributed by atoms with Gasteiger partial charge in [0.25, 0.3) is 0 Å². The fourth-order valence-electron chi connectivity index (χ4n) is 2.34. The molecule has 1 aromatic rings. The van der Waals surface area contributed by atoms with Gasteiger partial charge in [-0.2, -0.15) is 0 Å². The van der Waals surface area contributed by atoms with Gasteiger partial charge in [0, 0.05) is 37.2 Å². The van der Waals surface area contributed by atoms with E-state index in [0.29, 0.717) is 6.04 Å². The molecule has 1 amide bonds. The number of carbonyl (C=O) groups excluding carboxylic acids is 1. The summed E-state index contributed by atoms with van der Waals surface area (Å²) in [5.74, 6) is 0. The number of nitrogens with zero attached hydrogens (tertiary/aromatic N) is 3. The monoisotopic (exact) mass is 320 g/mol. The van der Waals surface area contributed by atoms with Crippen LogP contribution in [0, 0.1) is 0 Å². The van der Waals surface area contributed by atoms with E-state index in [4.69, 9.17) is 4.74 Å². The van der Waals surface area contributed by atoms with Crippen molar-refractivity contribution >= 4 is 6.09 Å². The average molecular weight is 320 g/mol. The largest absolute Gasteiger partial charge is 0.444 e. The molecule has 1 fully saturated rings. The van der Waals surface area contributed by atoms with E-state index in [1.54, 1.807) is 18.6 Å². The molecule has 0 spiro atoms. The van der Waals surface area contributed by atoms with Crippen molar-refractivity contribution in [2.24, 2.45) is 0 Å². The smallest absolute Gasteiger partial charge is 0.410 e. The Labute approximate surface area is 138 Å². The zero-order valence-electron chi connectivity index (χ0n) is 14.6. The van der Waals surface area contributed by atoms with E-state index < -0.39 is 5.60 Å². The molecule has 1 N–H and O–H groups in total. The van der Waals surface area contributed by atoms with Crippen LogP contribution in [0.15, 0.2) is 18.6 Å². The summed E-state index contributed by atoms with van der Waals surface area (Å²) in [6, 6.07) is 0.516. The highest BCUT2D eigenvalue weighted by Crippen LogP contribution is 2.28. The molecule has 1 aliphatic carbocycles. The maximum atomic E-state index is 12.3. The summed E-state index contributed by atoms with van der Waals surface area (Å²) >= 11 is 0. The summed E-state index contributed by atoms with van der Waals surface area (Å²) in [4.78, 5) is 22.5. The Morgan fingerprint density at radius 2 is 2.17 bits per heavy atom. The van der Waals surface area contributed by atoms with E-state index in [2.05, 4.69) is 22.2 Å². The molecule has 0 bridgehead atoms. The minimum absolute atomic E-state index is 0.152. The van der Waals surface area contributed by atoms with E-state index >= 15 is 0 Å². The summed E-state index contributed by atoms with van der Waals surface area (Å²) in [5, 5.41) is 3.42. The first-order valence-corrected chi connectivity index (χ1v) is 8.36. The first kappa shape index (κ1) is 17.7. The normalized spacial score (nSPS) is 16.0. The Balaban J connectivity index is 1.73. The van der Waals surface area contributed by atoms with E-state index in [1.165, 1.54) is 0 Å². The van der Waals surface area contributed by atoms with Crippen molar-refractivity contribution in [2.75, 3.05) is 13.1 Å². The van der Waals surface area contributed by atoms with Crippen molar-refractivity contribution in [3.05, 3.63) is 24.3 Å². The molecule has 1 aromatic heterocycles. The highest BCUT2D eigenvalue weighted by molar-refractivity contribution is 5.69. The van der Waals surface area contributed by atoms with Crippen molar-refractivity contribution in [3.8, 4) is 0 Å². The van der Waals surface area contributed by atoms with Gasteiger partial charge < -0.3 is 15.0 Å². The number of rotatable bonds is 7. The minimum Gasteiger partial charge on any atom is -0.444 e. The molecule has 0 aliphatic heterocycles. The summed E-state index contributed by atoms with van der Waals surface area (Å²) < 4.78 is 5.50. The van der Waals surface area contributed by atoms with Crippen molar-refractivity contribution in [1.29, 1.82) is 0 Å². The zero-order chi connectivity index (χ0) is 16.9. The molecular formula is C17H28N4O2. The first-order valence-electron chi connectivity index (χ1n) is 8.36. The Morgan fingerprint density at radius 3 is 2.74 bits per heavy atom. The third-order valence-electron chi connectivity index (χ3n) is 3.67. The number of nitrogens with one attached hydrogen (secondary N) is 1. The van der Waals surface area contributed by atoms with Crippen LogP contribution < -0.4 is 5.32 Å². The summed E-state index contributed by atoms with van der Waals surface area (Å²) in [5.41, 5.74) is 0.488. The fraction of sp³-hybridized carbons (Fsp3) is 0.706. The van der Waals surface area contributed by atoms with Gasteiger partial charge >= 0.3 is 6.09 Å². The third-order valence-corrected chi connectivity index (χ3v) is 3.67. The second kappa shape index (κ2) is 7.73. The fourth-order valence-corrected chi connectivity index (χ4v) is 2.34. The number of amides is 1. The van der Waals surface area contributed by atoms with Crippen LogP contribution in [0.3, 0.4) is 0 Å². The van der Waals surface area contributed by atoms with Crippen LogP contribution in [0.25, 0.3) is 0 Å². The number of hydrogen-bond donors (Lipinski definition) is 1. The predicted octanol–water partition coefficient (Wildman–Crippen LogP) is 2.92. The quantitative estimate of drug-likeness (QED) is 0.782. The Kier molecular flexibility index (Phi) is 5.93. The molecule has 6 nitrogen and oxygen atoms in total. The summed E-state index contributed by atoms with van der Waals surface area (Å²) in [7, 11) is 0.